The normalized spacial score (nSPS) is 14.6. The molecule has 1 saturated heterocycles. The van der Waals surface area contributed by atoms with Crippen LogP contribution in [-0.2, 0) is 17.6 Å². The molecule has 156 valence electrons. The highest BCUT2D eigenvalue weighted by Crippen LogP contribution is 2.15. The number of carbonyl (C=O) groups excluding carboxylic acids is 1. The number of ether oxygens (including phenoxy) is 1. The first-order chi connectivity index (χ1) is 14.8. The molecule has 3 aromatic rings. The molecule has 0 bridgehead atoms. The molecule has 30 heavy (non-hydrogen) atoms. The minimum absolute atomic E-state index is 0.157. The van der Waals surface area contributed by atoms with Crippen LogP contribution in [0.4, 0.5) is 0 Å². The number of aromatic nitrogens is 2. The molecule has 1 aromatic carbocycles. The number of para-hydroxylation sites is 1. The van der Waals surface area contributed by atoms with Crippen LogP contribution in [0.25, 0.3) is 0 Å². The number of nitrogens with zero attached hydrogens (tertiary/aromatic N) is 4. The minimum Gasteiger partial charge on any atom is -0.492 e. The van der Waals surface area contributed by atoms with Gasteiger partial charge in [-0.1, -0.05) is 24.3 Å². The second-order valence-electron chi connectivity index (χ2n) is 7.29. The highest BCUT2D eigenvalue weighted by Gasteiger charge is 2.21. The SMILES string of the molecule is O=C(Cc1csc(Cc2ccccn2)n1)N1CCN(CCOc2ccccc2)CC1. The van der Waals surface area contributed by atoms with Crippen LogP contribution in [0.15, 0.2) is 60.1 Å². The second kappa shape index (κ2) is 10.3. The topological polar surface area (TPSA) is 58.6 Å². The second-order valence-corrected chi connectivity index (χ2v) is 8.23. The summed E-state index contributed by atoms with van der Waals surface area (Å²) < 4.78 is 5.77. The fourth-order valence-electron chi connectivity index (χ4n) is 3.47. The molecule has 0 atom stereocenters. The lowest BCUT2D eigenvalue weighted by Gasteiger charge is -2.34. The summed E-state index contributed by atoms with van der Waals surface area (Å²) in [4.78, 5) is 25.9. The molecule has 4 rings (SSSR count). The van der Waals surface area contributed by atoms with Gasteiger partial charge in [-0.3, -0.25) is 14.7 Å². The van der Waals surface area contributed by atoms with Crippen LogP contribution in [0.5, 0.6) is 5.75 Å². The standard InChI is InChI=1S/C23H26N4O2S/c28-23(17-20-18-30-22(25-20)16-19-6-4-5-9-24-19)27-12-10-26(11-13-27)14-15-29-21-7-2-1-3-8-21/h1-9,18H,10-17H2. The molecular formula is C23H26N4O2S. The van der Waals surface area contributed by atoms with Crippen molar-refractivity contribution in [1.29, 1.82) is 0 Å². The number of hydrogen-bond donors (Lipinski definition) is 0. The van der Waals surface area contributed by atoms with Crippen molar-refractivity contribution in [3.63, 3.8) is 0 Å². The number of amides is 1. The van der Waals surface area contributed by atoms with Crippen molar-refractivity contribution < 1.29 is 9.53 Å². The van der Waals surface area contributed by atoms with E-state index < -0.39 is 0 Å². The van der Waals surface area contributed by atoms with Gasteiger partial charge in [0.2, 0.25) is 5.91 Å². The Labute approximate surface area is 181 Å². The van der Waals surface area contributed by atoms with Crippen LogP contribution in [0, 0.1) is 0 Å². The Balaban J connectivity index is 1.18. The van der Waals surface area contributed by atoms with Crippen LogP contribution in [0.2, 0.25) is 0 Å². The molecule has 1 amide bonds. The van der Waals surface area contributed by atoms with E-state index in [1.165, 1.54) is 0 Å². The van der Waals surface area contributed by atoms with Crippen molar-refractivity contribution in [2.75, 3.05) is 39.3 Å². The fourth-order valence-corrected chi connectivity index (χ4v) is 4.28. The van der Waals surface area contributed by atoms with E-state index in [1.54, 1.807) is 17.5 Å². The Morgan fingerprint density at radius 1 is 1.00 bits per heavy atom. The van der Waals surface area contributed by atoms with Gasteiger partial charge in [0.1, 0.15) is 12.4 Å². The van der Waals surface area contributed by atoms with Crippen molar-refractivity contribution in [1.82, 2.24) is 19.8 Å². The predicted octanol–water partition coefficient (Wildman–Crippen LogP) is 2.89. The summed E-state index contributed by atoms with van der Waals surface area (Å²) in [6.07, 6.45) is 2.88. The molecule has 1 fully saturated rings. The largest absolute Gasteiger partial charge is 0.492 e. The minimum atomic E-state index is 0.157. The molecule has 7 heteroatoms. The van der Waals surface area contributed by atoms with E-state index in [0.717, 1.165) is 54.9 Å². The predicted molar refractivity (Wildman–Crippen MR) is 118 cm³/mol. The van der Waals surface area contributed by atoms with Crippen molar-refractivity contribution in [3.05, 3.63) is 76.5 Å². The van der Waals surface area contributed by atoms with Crippen molar-refractivity contribution in [2.45, 2.75) is 12.8 Å². The van der Waals surface area contributed by atoms with E-state index in [2.05, 4.69) is 14.9 Å². The number of pyridine rings is 1. The Kier molecular flexibility index (Phi) is 7.05. The molecule has 1 aliphatic rings. The summed E-state index contributed by atoms with van der Waals surface area (Å²) in [7, 11) is 0. The molecule has 0 aliphatic carbocycles. The molecule has 0 saturated carbocycles. The van der Waals surface area contributed by atoms with Gasteiger partial charge in [-0.15, -0.1) is 11.3 Å². The highest BCUT2D eigenvalue weighted by atomic mass is 32.1. The van der Waals surface area contributed by atoms with Gasteiger partial charge in [-0.25, -0.2) is 4.98 Å². The molecule has 0 spiro atoms. The molecule has 3 heterocycles. The third-order valence-electron chi connectivity index (χ3n) is 5.13. The van der Waals surface area contributed by atoms with Crippen LogP contribution < -0.4 is 4.74 Å². The summed E-state index contributed by atoms with van der Waals surface area (Å²) in [5.74, 6) is 1.06. The number of carbonyl (C=O) groups is 1. The van der Waals surface area contributed by atoms with Crippen LogP contribution in [0.3, 0.4) is 0 Å². The Bertz CT molecular complexity index is 925. The fraction of sp³-hybridized carbons (Fsp3) is 0.348. The number of piperazine rings is 1. The Morgan fingerprint density at radius 2 is 1.80 bits per heavy atom. The maximum absolute atomic E-state index is 12.7. The van der Waals surface area contributed by atoms with Gasteiger partial charge in [0.05, 0.1) is 17.1 Å². The summed E-state index contributed by atoms with van der Waals surface area (Å²) in [6.45, 7) is 4.82. The molecule has 0 radical (unpaired) electrons. The smallest absolute Gasteiger partial charge is 0.228 e. The zero-order valence-electron chi connectivity index (χ0n) is 16.9. The van der Waals surface area contributed by atoms with E-state index in [9.17, 15) is 4.79 Å². The molecule has 0 N–H and O–H groups in total. The summed E-state index contributed by atoms with van der Waals surface area (Å²) in [5, 5.41) is 2.99. The van der Waals surface area contributed by atoms with Crippen molar-refractivity contribution in [2.24, 2.45) is 0 Å². The first-order valence-electron chi connectivity index (χ1n) is 10.3. The lowest BCUT2D eigenvalue weighted by atomic mass is 10.2. The lowest BCUT2D eigenvalue weighted by Crippen LogP contribution is -2.50. The number of benzene rings is 1. The maximum Gasteiger partial charge on any atom is 0.228 e. The van der Waals surface area contributed by atoms with Gasteiger partial charge in [-0.2, -0.15) is 0 Å². The lowest BCUT2D eigenvalue weighted by molar-refractivity contribution is -0.132. The monoisotopic (exact) mass is 422 g/mol. The zero-order chi connectivity index (χ0) is 20.6. The molecule has 6 nitrogen and oxygen atoms in total. The summed E-state index contributed by atoms with van der Waals surface area (Å²) >= 11 is 1.60. The highest BCUT2D eigenvalue weighted by molar-refractivity contribution is 7.09. The summed E-state index contributed by atoms with van der Waals surface area (Å²) in [6, 6.07) is 15.8. The molecule has 2 aromatic heterocycles. The van der Waals surface area contributed by atoms with Gasteiger partial charge < -0.3 is 9.64 Å². The summed E-state index contributed by atoms with van der Waals surface area (Å²) in [5.41, 5.74) is 1.85. The van der Waals surface area contributed by atoms with Crippen LogP contribution in [0.1, 0.15) is 16.4 Å². The quantitative estimate of drug-likeness (QED) is 0.559. The first-order valence-corrected chi connectivity index (χ1v) is 11.2. The van der Waals surface area contributed by atoms with Crippen molar-refractivity contribution >= 4 is 17.2 Å². The average Bonchev–Trinajstić information content (AvgIpc) is 3.22. The average molecular weight is 423 g/mol. The van der Waals surface area contributed by atoms with Crippen LogP contribution >= 0.6 is 11.3 Å². The van der Waals surface area contributed by atoms with E-state index in [0.29, 0.717) is 19.4 Å². The van der Waals surface area contributed by atoms with Crippen molar-refractivity contribution in [3.8, 4) is 5.75 Å². The third-order valence-corrected chi connectivity index (χ3v) is 6.03. The van der Waals surface area contributed by atoms with Gasteiger partial charge in [0, 0.05) is 56.4 Å². The molecule has 1 aliphatic heterocycles. The zero-order valence-corrected chi connectivity index (χ0v) is 17.8. The number of hydrogen-bond acceptors (Lipinski definition) is 6. The Hall–Kier alpha value is -2.77. The number of thiazole rings is 1. The van der Waals surface area contributed by atoms with Crippen LogP contribution in [-0.4, -0.2) is 65.0 Å². The van der Waals surface area contributed by atoms with E-state index in [-0.39, 0.29) is 5.91 Å². The van der Waals surface area contributed by atoms with Gasteiger partial charge >= 0.3 is 0 Å². The maximum atomic E-state index is 12.7. The van der Waals surface area contributed by atoms with E-state index in [4.69, 9.17) is 4.74 Å². The first kappa shape index (κ1) is 20.5. The molecule has 0 unspecified atom stereocenters. The number of rotatable bonds is 8. The van der Waals surface area contributed by atoms with Gasteiger partial charge in [0.15, 0.2) is 0 Å². The molecular weight excluding hydrogens is 396 g/mol. The van der Waals surface area contributed by atoms with Gasteiger partial charge in [0.25, 0.3) is 0 Å². The van der Waals surface area contributed by atoms with E-state index in [1.807, 2.05) is 58.8 Å². The van der Waals surface area contributed by atoms with Gasteiger partial charge in [-0.05, 0) is 24.3 Å². The Morgan fingerprint density at radius 3 is 2.57 bits per heavy atom. The third kappa shape index (κ3) is 5.87. The van der Waals surface area contributed by atoms with E-state index >= 15 is 0 Å².